The Morgan fingerprint density at radius 2 is 2.40 bits per heavy atom. The van der Waals surface area contributed by atoms with Gasteiger partial charge in [0, 0.05) is 19.5 Å². The minimum Gasteiger partial charge on any atom is -0.357 e. The second-order valence-corrected chi connectivity index (χ2v) is 2.55. The Morgan fingerprint density at radius 3 is 3.20 bits per heavy atom. The predicted molar refractivity (Wildman–Crippen MR) is 41.5 cm³/mol. The normalized spacial score (nSPS) is 35.1. The summed E-state index contributed by atoms with van der Waals surface area (Å²) in [6.45, 7) is 0. The molecule has 0 bridgehead atoms. The van der Waals surface area contributed by atoms with Gasteiger partial charge in [-0.3, -0.25) is 9.98 Å². The third kappa shape index (κ3) is 0.667. The molecule has 0 aliphatic carbocycles. The molecule has 0 radical (unpaired) electrons. The van der Waals surface area contributed by atoms with Crippen molar-refractivity contribution in [3.63, 3.8) is 0 Å². The van der Waals surface area contributed by atoms with Gasteiger partial charge in [-0.05, 0) is 6.08 Å². The zero-order valence-electron chi connectivity index (χ0n) is 5.81. The first-order chi connectivity index (χ1) is 4.88. The van der Waals surface area contributed by atoms with Crippen molar-refractivity contribution in [2.75, 3.05) is 7.05 Å². The maximum atomic E-state index is 4.24. The fraction of sp³-hybridized carbons (Fsp3) is 0.429. The smallest absolute Gasteiger partial charge is 0.111 e. The van der Waals surface area contributed by atoms with Crippen molar-refractivity contribution in [3.8, 4) is 0 Å². The van der Waals surface area contributed by atoms with Crippen molar-refractivity contribution in [1.82, 2.24) is 4.90 Å². The summed E-state index contributed by atoms with van der Waals surface area (Å²) in [5, 5.41) is 0. The molecule has 2 aliphatic rings. The van der Waals surface area contributed by atoms with E-state index in [1.807, 2.05) is 25.8 Å². The molecule has 0 saturated carbocycles. The second kappa shape index (κ2) is 1.94. The molecule has 2 aliphatic heterocycles. The molecule has 2 atom stereocenters. The number of hydrogen-bond donors (Lipinski definition) is 0. The van der Waals surface area contributed by atoms with Gasteiger partial charge < -0.3 is 4.90 Å². The number of likely N-dealkylation sites (N-methyl/N-ethyl adjacent to an activating group) is 1. The lowest BCUT2D eigenvalue weighted by Crippen LogP contribution is -2.33. The highest BCUT2D eigenvalue weighted by Crippen LogP contribution is 2.14. The standard InChI is InChI=1S/C7H9N3/c1-10-5-9-6-4-8-3-2-7(6)10/h2-7H,1H3. The van der Waals surface area contributed by atoms with E-state index in [-0.39, 0.29) is 6.04 Å². The Bertz CT molecular complexity index is 217. The van der Waals surface area contributed by atoms with Crippen LogP contribution in [-0.2, 0) is 0 Å². The third-order valence-corrected chi connectivity index (χ3v) is 1.85. The summed E-state index contributed by atoms with van der Waals surface area (Å²) >= 11 is 0. The Morgan fingerprint density at radius 1 is 1.50 bits per heavy atom. The molecule has 3 heteroatoms. The maximum Gasteiger partial charge on any atom is 0.111 e. The topological polar surface area (TPSA) is 28.0 Å². The van der Waals surface area contributed by atoms with E-state index >= 15 is 0 Å². The Labute approximate surface area is 59.8 Å². The van der Waals surface area contributed by atoms with Crippen LogP contribution in [0.4, 0.5) is 0 Å². The summed E-state index contributed by atoms with van der Waals surface area (Å²) < 4.78 is 0. The summed E-state index contributed by atoms with van der Waals surface area (Å²) in [4.78, 5) is 10.3. The lowest BCUT2D eigenvalue weighted by molar-refractivity contribution is 0.455. The van der Waals surface area contributed by atoms with Gasteiger partial charge >= 0.3 is 0 Å². The monoisotopic (exact) mass is 135 g/mol. The summed E-state index contributed by atoms with van der Waals surface area (Å²) in [6.07, 6.45) is 7.63. The highest BCUT2D eigenvalue weighted by atomic mass is 15.2. The largest absolute Gasteiger partial charge is 0.357 e. The van der Waals surface area contributed by atoms with Crippen LogP contribution in [0.5, 0.6) is 0 Å². The quantitative estimate of drug-likeness (QED) is 0.469. The molecule has 10 heavy (non-hydrogen) atoms. The lowest BCUT2D eigenvalue weighted by atomic mass is 10.1. The molecular formula is C7H9N3. The number of aliphatic imine (C=N–C) groups is 2. The first-order valence-electron chi connectivity index (χ1n) is 3.33. The van der Waals surface area contributed by atoms with Crippen LogP contribution in [0.25, 0.3) is 0 Å². The van der Waals surface area contributed by atoms with Crippen LogP contribution in [-0.4, -0.2) is 36.6 Å². The van der Waals surface area contributed by atoms with E-state index < -0.39 is 0 Å². The molecule has 0 amide bonds. The van der Waals surface area contributed by atoms with E-state index in [4.69, 9.17) is 0 Å². The molecule has 52 valence electrons. The highest BCUT2D eigenvalue weighted by Gasteiger charge is 2.25. The van der Waals surface area contributed by atoms with Gasteiger partial charge in [0.1, 0.15) is 6.04 Å². The molecule has 2 unspecified atom stereocenters. The number of hydrogen-bond acceptors (Lipinski definition) is 3. The zero-order chi connectivity index (χ0) is 6.97. The molecule has 2 heterocycles. The number of fused-ring (bicyclic) bond motifs is 1. The van der Waals surface area contributed by atoms with E-state index in [0.717, 1.165) is 0 Å². The number of nitrogens with zero attached hydrogens (tertiary/aromatic N) is 3. The van der Waals surface area contributed by atoms with Gasteiger partial charge in [-0.25, -0.2) is 0 Å². The van der Waals surface area contributed by atoms with Gasteiger partial charge in [0.05, 0.1) is 12.4 Å². The van der Waals surface area contributed by atoms with Gasteiger partial charge in [0.25, 0.3) is 0 Å². The maximum absolute atomic E-state index is 4.24. The van der Waals surface area contributed by atoms with Gasteiger partial charge in [-0.15, -0.1) is 0 Å². The van der Waals surface area contributed by atoms with Gasteiger partial charge in [-0.1, -0.05) is 0 Å². The molecule has 0 aromatic carbocycles. The van der Waals surface area contributed by atoms with Crippen molar-refractivity contribution in [3.05, 3.63) is 12.3 Å². The van der Waals surface area contributed by atoms with E-state index in [1.54, 1.807) is 0 Å². The van der Waals surface area contributed by atoms with E-state index in [1.165, 1.54) is 0 Å². The van der Waals surface area contributed by atoms with E-state index in [0.29, 0.717) is 6.04 Å². The van der Waals surface area contributed by atoms with Crippen LogP contribution >= 0.6 is 0 Å². The molecule has 0 fully saturated rings. The summed E-state index contributed by atoms with van der Waals surface area (Å²) in [7, 11) is 2.03. The Hall–Kier alpha value is -1.12. The minimum absolute atomic E-state index is 0.259. The molecule has 0 spiro atoms. The molecule has 3 nitrogen and oxygen atoms in total. The molecule has 0 saturated heterocycles. The summed E-state index contributed by atoms with van der Waals surface area (Å²) in [5.74, 6) is 0. The van der Waals surface area contributed by atoms with Crippen LogP contribution < -0.4 is 0 Å². The van der Waals surface area contributed by atoms with Crippen molar-refractivity contribution in [2.24, 2.45) is 9.98 Å². The van der Waals surface area contributed by atoms with E-state index in [9.17, 15) is 0 Å². The highest BCUT2D eigenvalue weighted by molar-refractivity contribution is 5.75. The fourth-order valence-corrected chi connectivity index (χ4v) is 1.24. The third-order valence-electron chi connectivity index (χ3n) is 1.85. The first kappa shape index (κ1) is 5.65. The van der Waals surface area contributed by atoms with Gasteiger partial charge in [0.2, 0.25) is 0 Å². The van der Waals surface area contributed by atoms with Crippen molar-refractivity contribution >= 4 is 12.6 Å². The number of rotatable bonds is 0. The van der Waals surface area contributed by atoms with Crippen LogP contribution in [0.15, 0.2) is 22.3 Å². The first-order valence-corrected chi connectivity index (χ1v) is 3.33. The molecule has 0 aromatic rings. The zero-order valence-corrected chi connectivity index (χ0v) is 5.81. The summed E-state index contributed by atoms with van der Waals surface area (Å²) in [5.41, 5.74) is 0. The van der Waals surface area contributed by atoms with Gasteiger partial charge in [0.15, 0.2) is 0 Å². The van der Waals surface area contributed by atoms with Gasteiger partial charge in [-0.2, -0.15) is 0 Å². The minimum atomic E-state index is 0.259. The molecular weight excluding hydrogens is 126 g/mol. The van der Waals surface area contributed by atoms with Crippen molar-refractivity contribution < 1.29 is 0 Å². The van der Waals surface area contributed by atoms with Crippen LogP contribution in [0.3, 0.4) is 0 Å². The summed E-state index contributed by atoms with van der Waals surface area (Å²) in [6, 6.07) is 0.674. The molecule has 0 N–H and O–H groups in total. The average molecular weight is 135 g/mol. The van der Waals surface area contributed by atoms with E-state index in [2.05, 4.69) is 21.0 Å². The van der Waals surface area contributed by atoms with Crippen molar-refractivity contribution in [2.45, 2.75) is 12.1 Å². The molecule has 2 rings (SSSR count). The second-order valence-electron chi connectivity index (χ2n) is 2.55. The predicted octanol–water partition coefficient (Wildman–Crippen LogP) is 0.295. The van der Waals surface area contributed by atoms with Crippen LogP contribution in [0.2, 0.25) is 0 Å². The molecule has 0 aromatic heterocycles. The SMILES string of the molecule is CN1C=NC2C=NC=CC21. The average Bonchev–Trinajstić information content (AvgIpc) is 2.34. The van der Waals surface area contributed by atoms with Crippen LogP contribution in [0, 0.1) is 0 Å². The Balaban J connectivity index is 2.26. The van der Waals surface area contributed by atoms with Crippen molar-refractivity contribution in [1.29, 1.82) is 0 Å². The van der Waals surface area contributed by atoms with Crippen LogP contribution in [0.1, 0.15) is 0 Å². The Kier molecular flexibility index (Phi) is 1.09. The lowest BCUT2D eigenvalue weighted by Gasteiger charge is -2.20. The fourth-order valence-electron chi connectivity index (χ4n) is 1.24.